The van der Waals surface area contributed by atoms with Gasteiger partial charge in [0.15, 0.2) is 6.29 Å². The highest BCUT2D eigenvalue weighted by atomic mass is 35.5. The van der Waals surface area contributed by atoms with Gasteiger partial charge in [0.2, 0.25) is 0 Å². The molecule has 0 radical (unpaired) electrons. The van der Waals surface area contributed by atoms with Crippen LogP contribution in [0.15, 0.2) is 24.3 Å². The number of benzene rings is 1. The quantitative estimate of drug-likeness (QED) is 0.767. The molecule has 1 aromatic rings. The minimum atomic E-state index is -0.00863. The molecular weight excluding hydrogens is 200 g/mol. The molecule has 0 aliphatic carbocycles. The lowest BCUT2D eigenvalue weighted by Crippen LogP contribution is -2.09. The Balaban J connectivity index is 1.82. The summed E-state index contributed by atoms with van der Waals surface area (Å²) >= 11 is 5.77. The number of hydrogen-bond acceptors (Lipinski definition) is 2. The van der Waals surface area contributed by atoms with E-state index >= 15 is 0 Å². The van der Waals surface area contributed by atoms with Crippen molar-refractivity contribution in [2.75, 3.05) is 6.61 Å². The van der Waals surface area contributed by atoms with Gasteiger partial charge < -0.3 is 9.47 Å². The number of halogens is 1. The maximum Gasteiger partial charge on any atom is 0.158 e. The molecule has 1 heterocycles. The molecule has 0 N–H and O–H groups in total. The van der Waals surface area contributed by atoms with Crippen LogP contribution in [0.4, 0.5) is 0 Å². The first-order valence-electron chi connectivity index (χ1n) is 4.82. The molecular formula is C11H13ClO2. The summed E-state index contributed by atoms with van der Waals surface area (Å²) in [6.07, 6.45) is 2.10. The molecule has 3 heteroatoms. The van der Waals surface area contributed by atoms with Crippen molar-refractivity contribution < 1.29 is 9.47 Å². The SMILES string of the molecule is Clc1ccc(COC2CCCO2)cc1. The summed E-state index contributed by atoms with van der Waals surface area (Å²) in [5.74, 6) is 0. The van der Waals surface area contributed by atoms with E-state index in [-0.39, 0.29) is 6.29 Å². The van der Waals surface area contributed by atoms with Gasteiger partial charge in [0.25, 0.3) is 0 Å². The fraction of sp³-hybridized carbons (Fsp3) is 0.455. The first kappa shape index (κ1) is 9.97. The lowest BCUT2D eigenvalue weighted by Gasteiger charge is -2.10. The van der Waals surface area contributed by atoms with Crippen LogP contribution in [0.5, 0.6) is 0 Å². The summed E-state index contributed by atoms with van der Waals surface area (Å²) in [5, 5.41) is 0.755. The second-order valence-electron chi connectivity index (χ2n) is 3.38. The van der Waals surface area contributed by atoms with Crippen LogP contribution in [0.2, 0.25) is 5.02 Å². The molecule has 14 heavy (non-hydrogen) atoms. The van der Waals surface area contributed by atoms with E-state index in [1.54, 1.807) is 0 Å². The Hall–Kier alpha value is -0.570. The van der Waals surface area contributed by atoms with Crippen LogP contribution in [0, 0.1) is 0 Å². The van der Waals surface area contributed by atoms with Crippen molar-refractivity contribution in [2.45, 2.75) is 25.7 Å². The first-order valence-corrected chi connectivity index (χ1v) is 5.20. The van der Waals surface area contributed by atoms with Gasteiger partial charge in [-0.2, -0.15) is 0 Å². The summed E-state index contributed by atoms with van der Waals surface area (Å²) in [7, 11) is 0. The van der Waals surface area contributed by atoms with Crippen molar-refractivity contribution in [1.29, 1.82) is 0 Å². The molecule has 2 rings (SSSR count). The summed E-state index contributed by atoms with van der Waals surface area (Å²) in [6, 6.07) is 7.68. The fourth-order valence-electron chi connectivity index (χ4n) is 1.45. The zero-order valence-corrected chi connectivity index (χ0v) is 8.67. The van der Waals surface area contributed by atoms with Gasteiger partial charge >= 0.3 is 0 Å². The zero-order valence-electron chi connectivity index (χ0n) is 7.91. The van der Waals surface area contributed by atoms with Crippen LogP contribution in [0.3, 0.4) is 0 Å². The van der Waals surface area contributed by atoms with Crippen molar-refractivity contribution in [2.24, 2.45) is 0 Å². The second kappa shape index (κ2) is 4.78. The van der Waals surface area contributed by atoms with Crippen molar-refractivity contribution >= 4 is 11.6 Å². The Labute approximate surface area is 88.8 Å². The van der Waals surface area contributed by atoms with Gasteiger partial charge in [-0.3, -0.25) is 0 Å². The molecule has 1 aromatic carbocycles. The van der Waals surface area contributed by atoms with E-state index in [9.17, 15) is 0 Å². The molecule has 76 valence electrons. The van der Waals surface area contributed by atoms with Crippen molar-refractivity contribution in [3.05, 3.63) is 34.9 Å². The highest BCUT2D eigenvalue weighted by molar-refractivity contribution is 6.30. The predicted octanol–water partition coefficient (Wildman–Crippen LogP) is 2.99. The van der Waals surface area contributed by atoms with E-state index in [1.807, 2.05) is 24.3 Å². The van der Waals surface area contributed by atoms with E-state index in [1.165, 1.54) is 0 Å². The maximum atomic E-state index is 5.77. The molecule has 1 atom stereocenters. The Kier molecular flexibility index (Phi) is 3.40. The molecule has 0 spiro atoms. The van der Waals surface area contributed by atoms with Crippen LogP contribution < -0.4 is 0 Å². The van der Waals surface area contributed by atoms with Gasteiger partial charge in [-0.1, -0.05) is 23.7 Å². The molecule has 1 aliphatic rings. The van der Waals surface area contributed by atoms with Crippen LogP contribution in [-0.2, 0) is 16.1 Å². The van der Waals surface area contributed by atoms with Crippen molar-refractivity contribution in [3.63, 3.8) is 0 Å². The number of hydrogen-bond donors (Lipinski definition) is 0. The van der Waals surface area contributed by atoms with E-state index in [4.69, 9.17) is 21.1 Å². The average Bonchev–Trinajstić information content (AvgIpc) is 2.70. The maximum absolute atomic E-state index is 5.77. The molecule has 1 saturated heterocycles. The lowest BCUT2D eigenvalue weighted by molar-refractivity contribution is -0.118. The Morgan fingerprint density at radius 2 is 2.14 bits per heavy atom. The van der Waals surface area contributed by atoms with E-state index in [0.29, 0.717) is 6.61 Å². The van der Waals surface area contributed by atoms with E-state index in [0.717, 1.165) is 30.0 Å². The molecule has 2 nitrogen and oxygen atoms in total. The van der Waals surface area contributed by atoms with Crippen LogP contribution in [0.1, 0.15) is 18.4 Å². The van der Waals surface area contributed by atoms with Crippen molar-refractivity contribution in [3.8, 4) is 0 Å². The largest absolute Gasteiger partial charge is 0.353 e. The highest BCUT2D eigenvalue weighted by Crippen LogP contribution is 2.16. The molecule has 0 aromatic heterocycles. The minimum absolute atomic E-state index is 0.00863. The number of rotatable bonds is 3. The fourth-order valence-corrected chi connectivity index (χ4v) is 1.58. The Morgan fingerprint density at radius 1 is 1.36 bits per heavy atom. The first-order chi connectivity index (χ1) is 6.84. The summed E-state index contributed by atoms with van der Waals surface area (Å²) in [5.41, 5.74) is 1.13. The molecule has 0 amide bonds. The molecule has 0 saturated carbocycles. The van der Waals surface area contributed by atoms with Crippen LogP contribution in [-0.4, -0.2) is 12.9 Å². The number of ether oxygens (including phenoxy) is 2. The van der Waals surface area contributed by atoms with Gasteiger partial charge in [-0.15, -0.1) is 0 Å². The van der Waals surface area contributed by atoms with Crippen LogP contribution in [0.25, 0.3) is 0 Å². The molecule has 0 bridgehead atoms. The van der Waals surface area contributed by atoms with Gasteiger partial charge in [0.05, 0.1) is 6.61 Å². The third kappa shape index (κ3) is 2.71. The summed E-state index contributed by atoms with van der Waals surface area (Å²) in [4.78, 5) is 0. The molecule has 1 unspecified atom stereocenters. The van der Waals surface area contributed by atoms with E-state index in [2.05, 4.69) is 0 Å². The van der Waals surface area contributed by atoms with Gasteiger partial charge in [0.1, 0.15) is 0 Å². The van der Waals surface area contributed by atoms with Crippen molar-refractivity contribution in [1.82, 2.24) is 0 Å². The highest BCUT2D eigenvalue weighted by Gasteiger charge is 2.15. The van der Waals surface area contributed by atoms with Crippen LogP contribution >= 0.6 is 11.6 Å². The average molecular weight is 213 g/mol. The lowest BCUT2D eigenvalue weighted by atomic mass is 10.2. The third-order valence-corrected chi connectivity index (χ3v) is 2.49. The van der Waals surface area contributed by atoms with E-state index < -0.39 is 0 Å². The van der Waals surface area contributed by atoms with Gasteiger partial charge in [-0.05, 0) is 24.1 Å². The standard InChI is InChI=1S/C11H13ClO2/c12-10-5-3-9(4-6-10)8-14-11-2-1-7-13-11/h3-6,11H,1-2,7-8H2. The van der Waals surface area contributed by atoms with Gasteiger partial charge in [-0.25, -0.2) is 0 Å². The molecule has 1 fully saturated rings. The molecule has 1 aliphatic heterocycles. The second-order valence-corrected chi connectivity index (χ2v) is 3.82. The zero-order chi connectivity index (χ0) is 9.80. The monoisotopic (exact) mass is 212 g/mol. The summed E-state index contributed by atoms with van der Waals surface area (Å²) < 4.78 is 10.9. The third-order valence-electron chi connectivity index (χ3n) is 2.24. The normalized spacial score (nSPS) is 21.4. The Bertz CT molecular complexity index is 278. The predicted molar refractivity (Wildman–Crippen MR) is 55.2 cm³/mol. The van der Waals surface area contributed by atoms with Gasteiger partial charge in [0, 0.05) is 18.1 Å². The topological polar surface area (TPSA) is 18.5 Å². The minimum Gasteiger partial charge on any atom is -0.353 e. The Morgan fingerprint density at radius 3 is 2.79 bits per heavy atom. The smallest absolute Gasteiger partial charge is 0.158 e. The summed E-state index contributed by atoms with van der Waals surface area (Å²) in [6.45, 7) is 1.42.